The number of phenols is 1. The summed E-state index contributed by atoms with van der Waals surface area (Å²) in [5, 5.41) is 13.7. The van der Waals surface area contributed by atoms with E-state index in [1.807, 2.05) is 30.3 Å². The van der Waals surface area contributed by atoms with E-state index in [2.05, 4.69) is 34.9 Å². The molecule has 4 nitrogen and oxygen atoms in total. The molecule has 0 atom stereocenters. The number of thiocarbonyl (C=S) groups is 1. The van der Waals surface area contributed by atoms with Crippen molar-refractivity contribution in [2.24, 2.45) is 10.8 Å². The van der Waals surface area contributed by atoms with Crippen molar-refractivity contribution >= 4 is 23.5 Å². The molecule has 0 aromatic heterocycles. The first kappa shape index (κ1) is 14.0. The van der Waals surface area contributed by atoms with Crippen molar-refractivity contribution in [2.75, 3.05) is 0 Å². The molecule has 0 amide bonds. The van der Waals surface area contributed by atoms with Gasteiger partial charge in [0.25, 0.3) is 0 Å². The Hall–Kier alpha value is -2.40. The maximum Gasteiger partial charge on any atom is 0.184 e. The summed E-state index contributed by atoms with van der Waals surface area (Å²) in [4.78, 5) is 0. The van der Waals surface area contributed by atoms with Crippen LogP contribution in [0.15, 0.2) is 53.6 Å². The fourth-order valence-corrected chi connectivity index (χ4v) is 1.87. The van der Waals surface area contributed by atoms with E-state index in [1.54, 1.807) is 6.07 Å². The zero-order chi connectivity index (χ0) is 14.4. The van der Waals surface area contributed by atoms with E-state index < -0.39 is 0 Å². The first-order chi connectivity index (χ1) is 9.65. The van der Waals surface area contributed by atoms with E-state index in [1.165, 1.54) is 11.8 Å². The standard InChI is InChI=1S/C15H15N3OS/c16-15(20)18-17-10-13-9-12(6-7-14(13)19)8-11-4-2-1-3-5-11/h1-7,9-10,19H,8H2,(H3,16,18,20). The number of benzene rings is 2. The molecule has 0 radical (unpaired) electrons. The molecular formula is C15H15N3OS. The number of hydrogen-bond acceptors (Lipinski definition) is 3. The monoisotopic (exact) mass is 285 g/mol. The van der Waals surface area contributed by atoms with Gasteiger partial charge in [-0.2, -0.15) is 5.10 Å². The molecule has 0 aliphatic heterocycles. The highest BCUT2D eigenvalue weighted by Gasteiger charge is 2.02. The Kier molecular flexibility index (Phi) is 4.68. The third-order valence-corrected chi connectivity index (χ3v) is 2.81. The molecule has 2 rings (SSSR count). The second kappa shape index (κ2) is 6.68. The minimum absolute atomic E-state index is 0.0844. The van der Waals surface area contributed by atoms with Crippen molar-refractivity contribution in [3.8, 4) is 5.75 Å². The van der Waals surface area contributed by atoms with Crippen LogP contribution in [0.25, 0.3) is 0 Å². The number of hydrogen-bond donors (Lipinski definition) is 3. The van der Waals surface area contributed by atoms with E-state index in [9.17, 15) is 5.11 Å². The van der Waals surface area contributed by atoms with Crippen LogP contribution in [0.5, 0.6) is 5.75 Å². The highest BCUT2D eigenvalue weighted by Crippen LogP contribution is 2.18. The van der Waals surface area contributed by atoms with Crippen LogP contribution in [0.3, 0.4) is 0 Å². The van der Waals surface area contributed by atoms with E-state index in [0.29, 0.717) is 5.56 Å². The normalized spacial score (nSPS) is 10.6. The van der Waals surface area contributed by atoms with Crippen LogP contribution < -0.4 is 11.2 Å². The predicted octanol–water partition coefficient (Wildman–Crippen LogP) is 2.15. The summed E-state index contributed by atoms with van der Waals surface area (Å²) in [7, 11) is 0. The summed E-state index contributed by atoms with van der Waals surface area (Å²) in [5.74, 6) is 0.162. The molecule has 0 saturated heterocycles. The number of nitrogens with two attached hydrogens (primary N) is 1. The smallest absolute Gasteiger partial charge is 0.184 e. The van der Waals surface area contributed by atoms with Gasteiger partial charge in [0.2, 0.25) is 0 Å². The lowest BCUT2D eigenvalue weighted by Gasteiger charge is -2.05. The van der Waals surface area contributed by atoms with Gasteiger partial charge in [-0.05, 0) is 41.9 Å². The minimum Gasteiger partial charge on any atom is -0.507 e. The molecule has 0 aliphatic rings. The number of rotatable bonds is 4. The topological polar surface area (TPSA) is 70.6 Å². The molecule has 0 bridgehead atoms. The third kappa shape index (κ3) is 4.07. The van der Waals surface area contributed by atoms with Crippen molar-refractivity contribution in [2.45, 2.75) is 6.42 Å². The highest BCUT2D eigenvalue weighted by atomic mass is 32.1. The maximum atomic E-state index is 9.78. The van der Waals surface area contributed by atoms with Crippen LogP contribution in [-0.4, -0.2) is 16.4 Å². The molecule has 2 aromatic rings. The largest absolute Gasteiger partial charge is 0.507 e. The van der Waals surface area contributed by atoms with Crippen LogP contribution in [0.1, 0.15) is 16.7 Å². The molecule has 0 spiro atoms. The van der Waals surface area contributed by atoms with Crippen LogP contribution in [0.4, 0.5) is 0 Å². The summed E-state index contributed by atoms with van der Waals surface area (Å²) in [6.45, 7) is 0. The van der Waals surface area contributed by atoms with Gasteiger partial charge in [-0.25, -0.2) is 0 Å². The number of phenolic OH excluding ortho intramolecular Hbond substituents is 1. The molecule has 5 heteroatoms. The van der Waals surface area contributed by atoms with Crippen LogP contribution >= 0.6 is 12.2 Å². The second-order valence-electron chi connectivity index (χ2n) is 4.29. The summed E-state index contributed by atoms with van der Waals surface area (Å²) in [6, 6.07) is 15.5. The fraction of sp³-hybridized carbons (Fsp3) is 0.0667. The summed E-state index contributed by atoms with van der Waals surface area (Å²) in [6.07, 6.45) is 2.29. The van der Waals surface area contributed by atoms with Gasteiger partial charge in [0, 0.05) is 5.56 Å². The molecule has 0 saturated carbocycles. The zero-order valence-corrected chi connectivity index (χ0v) is 11.6. The van der Waals surface area contributed by atoms with Crippen molar-refractivity contribution in [1.82, 2.24) is 5.43 Å². The Balaban J connectivity index is 2.16. The number of nitrogens with zero attached hydrogens (tertiary/aromatic N) is 1. The highest BCUT2D eigenvalue weighted by molar-refractivity contribution is 7.80. The number of nitrogens with one attached hydrogen (secondary N) is 1. The van der Waals surface area contributed by atoms with Crippen LogP contribution in [0.2, 0.25) is 0 Å². The van der Waals surface area contributed by atoms with Gasteiger partial charge in [-0.15, -0.1) is 0 Å². The average molecular weight is 285 g/mol. The molecule has 0 heterocycles. The average Bonchev–Trinajstić information content (AvgIpc) is 2.43. The minimum atomic E-state index is 0.0844. The van der Waals surface area contributed by atoms with Gasteiger partial charge in [-0.1, -0.05) is 36.4 Å². The molecule has 4 N–H and O–H groups in total. The number of aromatic hydroxyl groups is 1. The second-order valence-corrected chi connectivity index (χ2v) is 4.73. The van der Waals surface area contributed by atoms with E-state index in [-0.39, 0.29) is 10.9 Å². The predicted molar refractivity (Wildman–Crippen MR) is 84.9 cm³/mol. The van der Waals surface area contributed by atoms with E-state index in [0.717, 1.165) is 12.0 Å². The van der Waals surface area contributed by atoms with Crippen molar-refractivity contribution in [3.63, 3.8) is 0 Å². The third-order valence-electron chi connectivity index (χ3n) is 2.72. The molecule has 0 aliphatic carbocycles. The lowest BCUT2D eigenvalue weighted by Crippen LogP contribution is -2.24. The van der Waals surface area contributed by atoms with Gasteiger partial charge >= 0.3 is 0 Å². The fourth-order valence-electron chi connectivity index (χ4n) is 1.81. The summed E-state index contributed by atoms with van der Waals surface area (Å²) < 4.78 is 0. The lowest BCUT2D eigenvalue weighted by molar-refractivity contribution is 0.474. The van der Waals surface area contributed by atoms with Crippen LogP contribution in [-0.2, 0) is 6.42 Å². The SMILES string of the molecule is NC(=S)NN=Cc1cc(Cc2ccccc2)ccc1O. The Morgan fingerprint density at radius 1 is 1.20 bits per heavy atom. The van der Waals surface area contributed by atoms with Gasteiger partial charge in [-0.3, -0.25) is 5.43 Å². The first-order valence-electron chi connectivity index (χ1n) is 6.09. The lowest BCUT2D eigenvalue weighted by atomic mass is 10.0. The summed E-state index contributed by atoms with van der Waals surface area (Å²) >= 11 is 4.65. The van der Waals surface area contributed by atoms with Gasteiger partial charge in [0.05, 0.1) is 6.21 Å². The maximum absolute atomic E-state index is 9.78. The Morgan fingerprint density at radius 3 is 2.65 bits per heavy atom. The van der Waals surface area contributed by atoms with Gasteiger partial charge < -0.3 is 10.8 Å². The summed E-state index contributed by atoms with van der Waals surface area (Å²) in [5.41, 5.74) is 10.6. The van der Waals surface area contributed by atoms with Crippen molar-refractivity contribution in [3.05, 3.63) is 65.2 Å². The molecule has 2 aromatic carbocycles. The van der Waals surface area contributed by atoms with Crippen molar-refractivity contribution < 1.29 is 5.11 Å². The van der Waals surface area contributed by atoms with Crippen LogP contribution in [0, 0.1) is 0 Å². The molecule has 102 valence electrons. The van der Waals surface area contributed by atoms with E-state index >= 15 is 0 Å². The van der Waals surface area contributed by atoms with Crippen molar-refractivity contribution in [1.29, 1.82) is 0 Å². The Bertz CT molecular complexity index is 626. The number of hydrazone groups is 1. The quantitative estimate of drug-likeness (QED) is 0.457. The molecule has 0 unspecified atom stereocenters. The first-order valence-corrected chi connectivity index (χ1v) is 6.50. The molecule has 0 fully saturated rings. The van der Waals surface area contributed by atoms with Gasteiger partial charge in [0.15, 0.2) is 5.11 Å². The van der Waals surface area contributed by atoms with E-state index in [4.69, 9.17) is 5.73 Å². The Morgan fingerprint density at radius 2 is 1.95 bits per heavy atom. The molecule has 20 heavy (non-hydrogen) atoms. The zero-order valence-electron chi connectivity index (χ0n) is 10.8. The Labute approximate surface area is 122 Å². The molecular weight excluding hydrogens is 270 g/mol. The van der Waals surface area contributed by atoms with Gasteiger partial charge in [0.1, 0.15) is 5.75 Å².